The van der Waals surface area contributed by atoms with E-state index in [1.165, 1.54) is 0 Å². The SMILES string of the molecule is CCC(CC)N1CC(C(=O)NCC(=O)O)CC1=O. The zero-order valence-electron chi connectivity index (χ0n) is 10.8. The van der Waals surface area contributed by atoms with E-state index in [0.29, 0.717) is 6.54 Å². The van der Waals surface area contributed by atoms with E-state index < -0.39 is 18.4 Å². The minimum atomic E-state index is -1.08. The second kappa shape index (κ2) is 6.37. The van der Waals surface area contributed by atoms with Crippen LogP contribution in [0.15, 0.2) is 0 Å². The molecule has 1 aliphatic heterocycles. The average molecular weight is 256 g/mol. The Morgan fingerprint density at radius 3 is 2.56 bits per heavy atom. The summed E-state index contributed by atoms with van der Waals surface area (Å²) >= 11 is 0. The van der Waals surface area contributed by atoms with Crippen molar-refractivity contribution in [3.8, 4) is 0 Å². The number of rotatable bonds is 6. The molecule has 2 N–H and O–H groups in total. The lowest BCUT2D eigenvalue weighted by atomic mass is 10.1. The Kier molecular flexibility index (Phi) is 5.12. The lowest BCUT2D eigenvalue weighted by molar-refractivity contribution is -0.138. The molecule has 6 heteroatoms. The van der Waals surface area contributed by atoms with Crippen LogP contribution in [0, 0.1) is 5.92 Å². The molecular formula is C12H20N2O4. The molecule has 1 rings (SSSR count). The van der Waals surface area contributed by atoms with Crippen LogP contribution in [0.4, 0.5) is 0 Å². The number of amides is 2. The van der Waals surface area contributed by atoms with Gasteiger partial charge in [-0.1, -0.05) is 13.8 Å². The van der Waals surface area contributed by atoms with Gasteiger partial charge in [0.1, 0.15) is 6.54 Å². The Labute approximate surface area is 106 Å². The Bertz CT molecular complexity index is 339. The molecule has 1 saturated heterocycles. The fraction of sp³-hybridized carbons (Fsp3) is 0.750. The van der Waals surface area contributed by atoms with Gasteiger partial charge in [-0.3, -0.25) is 14.4 Å². The second-order valence-corrected chi connectivity index (χ2v) is 4.53. The summed E-state index contributed by atoms with van der Waals surface area (Å²) in [5.74, 6) is -1.86. The van der Waals surface area contributed by atoms with E-state index in [2.05, 4.69) is 5.32 Å². The fourth-order valence-electron chi connectivity index (χ4n) is 2.30. The molecule has 0 spiro atoms. The quantitative estimate of drug-likeness (QED) is 0.712. The molecule has 0 radical (unpaired) electrons. The monoisotopic (exact) mass is 256 g/mol. The van der Waals surface area contributed by atoms with Crippen LogP contribution in [0.25, 0.3) is 0 Å². The second-order valence-electron chi connectivity index (χ2n) is 4.53. The van der Waals surface area contributed by atoms with Crippen molar-refractivity contribution in [3.63, 3.8) is 0 Å². The number of aliphatic carboxylic acids is 1. The first kappa shape index (κ1) is 14.5. The van der Waals surface area contributed by atoms with Crippen LogP contribution in [0.3, 0.4) is 0 Å². The van der Waals surface area contributed by atoms with Gasteiger partial charge in [0, 0.05) is 19.0 Å². The van der Waals surface area contributed by atoms with Crippen LogP contribution in [0.2, 0.25) is 0 Å². The van der Waals surface area contributed by atoms with Gasteiger partial charge in [0.25, 0.3) is 0 Å². The maximum atomic E-state index is 11.8. The molecule has 0 aliphatic carbocycles. The molecule has 2 amide bonds. The molecule has 0 aromatic rings. The van der Waals surface area contributed by atoms with Crippen LogP contribution >= 0.6 is 0 Å². The number of nitrogens with zero attached hydrogens (tertiary/aromatic N) is 1. The first-order valence-corrected chi connectivity index (χ1v) is 6.28. The van der Waals surface area contributed by atoms with Gasteiger partial charge in [0.2, 0.25) is 11.8 Å². The van der Waals surface area contributed by atoms with Crippen molar-refractivity contribution >= 4 is 17.8 Å². The van der Waals surface area contributed by atoms with Crippen molar-refractivity contribution < 1.29 is 19.5 Å². The highest BCUT2D eigenvalue weighted by molar-refractivity contribution is 5.90. The van der Waals surface area contributed by atoms with Gasteiger partial charge in [0.15, 0.2) is 0 Å². The molecular weight excluding hydrogens is 236 g/mol. The zero-order valence-corrected chi connectivity index (χ0v) is 10.8. The number of nitrogens with one attached hydrogen (secondary N) is 1. The van der Waals surface area contributed by atoms with E-state index >= 15 is 0 Å². The van der Waals surface area contributed by atoms with Gasteiger partial charge in [-0.05, 0) is 12.8 Å². The van der Waals surface area contributed by atoms with E-state index in [4.69, 9.17) is 5.11 Å². The zero-order chi connectivity index (χ0) is 13.7. The van der Waals surface area contributed by atoms with Crippen LogP contribution in [-0.4, -0.2) is 46.9 Å². The summed E-state index contributed by atoms with van der Waals surface area (Å²) in [6, 6.07) is 0.176. The Hall–Kier alpha value is -1.59. The third-order valence-electron chi connectivity index (χ3n) is 3.33. The number of carboxylic acid groups (broad SMARTS) is 1. The summed E-state index contributed by atoms with van der Waals surface area (Å²) in [6.07, 6.45) is 1.92. The maximum Gasteiger partial charge on any atom is 0.322 e. The number of carbonyl (C=O) groups is 3. The van der Waals surface area contributed by atoms with Crippen LogP contribution < -0.4 is 5.32 Å². The molecule has 102 valence electrons. The van der Waals surface area contributed by atoms with Crippen LogP contribution in [-0.2, 0) is 14.4 Å². The molecule has 0 aromatic heterocycles. The lowest BCUT2D eigenvalue weighted by Crippen LogP contribution is -2.38. The maximum absolute atomic E-state index is 11.8. The highest BCUT2D eigenvalue weighted by Crippen LogP contribution is 2.22. The molecule has 1 heterocycles. The predicted octanol–water partition coefficient (Wildman–Crippen LogP) is 0.224. The molecule has 1 atom stereocenters. The van der Waals surface area contributed by atoms with E-state index in [1.54, 1.807) is 4.90 Å². The number of hydrogen-bond donors (Lipinski definition) is 2. The highest BCUT2D eigenvalue weighted by atomic mass is 16.4. The van der Waals surface area contributed by atoms with Gasteiger partial charge in [-0.2, -0.15) is 0 Å². The van der Waals surface area contributed by atoms with Gasteiger partial charge in [-0.15, -0.1) is 0 Å². The smallest absolute Gasteiger partial charge is 0.322 e. The van der Waals surface area contributed by atoms with E-state index in [9.17, 15) is 14.4 Å². The molecule has 1 aliphatic rings. The fourth-order valence-corrected chi connectivity index (χ4v) is 2.30. The van der Waals surface area contributed by atoms with E-state index in [1.807, 2.05) is 13.8 Å². The van der Waals surface area contributed by atoms with Gasteiger partial charge >= 0.3 is 5.97 Å². The van der Waals surface area contributed by atoms with Crippen molar-refractivity contribution in [2.45, 2.75) is 39.2 Å². The summed E-state index contributed by atoms with van der Waals surface area (Å²) in [5, 5.41) is 10.8. The Morgan fingerprint density at radius 2 is 2.06 bits per heavy atom. The number of hydrogen-bond acceptors (Lipinski definition) is 3. The van der Waals surface area contributed by atoms with E-state index in [-0.39, 0.29) is 24.3 Å². The molecule has 1 unspecified atom stereocenters. The van der Waals surface area contributed by atoms with Crippen molar-refractivity contribution in [3.05, 3.63) is 0 Å². The predicted molar refractivity (Wildman–Crippen MR) is 64.8 cm³/mol. The summed E-state index contributed by atoms with van der Waals surface area (Å²) < 4.78 is 0. The first-order valence-electron chi connectivity index (χ1n) is 6.28. The molecule has 0 aromatic carbocycles. The summed E-state index contributed by atoms with van der Waals surface area (Å²) in [7, 11) is 0. The largest absolute Gasteiger partial charge is 0.480 e. The lowest BCUT2D eigenvalue weighted by Gasteiger charge is -2.26. The van der Waals surface area contributed by atoms with Crippen LogP contribution in [0.1, 0.15) is 33.1 Å². The Morgan fingerprint density at radius 1 is 1.44 bits per heavy atom. The van der Waals surface area contributed by atoms with Crippen molar-refractivity contribution in [2.24, 2.45) is 5.92 Å². The van der Waals surface area contributed by atoms with Gasteiger partial charge < -0.3 is 15.3 Å². The average Bonchev–Trinajstić information content (AvgIpc) is 2.70. The Balaban J connectivity index is 2.55. The topological polar surface area (TPSA) is 86.7 Å². The number of carboxylic acids is 1. The van der Waals surface area contributed by atoms with Gasteiger partial charge in [-0.25, -0.2) is 0 Å². The van der Waals surface area contributed by atoms with Crippen LogP contribution in [0.5, 0.6) is 0 Å². The normalized spacial score (nSPS) is 19.4. The number of carbonyl (C=O) groups excluding carboxylic acids is 2. The third-order valence-corrected chi connectivity index (χ3v) is 3.33. The summed E-state index contributed by atoms with van der Waals surface area (Å²) in [6.45, 7) is 4.03. The van der Waals surface area contributed by atoms with Gasteiger partial charge in [0.05, 0.1) is 5.92 Å². The number of likely N-dealkylation sites (tertiary alicyclic amines) is 1. The highest BCUT2D eigenvalue weighted by Gasteiger charge is 2.36. The molecule has 1 fully saturated rings. The third kappa shape index (κ3) is 3.45. The minimum absolute atomic E-state index is 0.0147. The van der Waals surface area contributed by atoms with Crippen molar-refractivity contribution in [2.75, 3.05) is 13.1 Å². The summed E-state index contributed by atoms with van der Waals surface area (Å²) in [4.78, 5) is 35.6. The standard InChI is InChI=1S/C12H20N2O4/c1-3-9(4-2)14-7-8(5-10(14)15)12(18)13-6-11(16)17/h8-9H,3-7H2,1-2H3,(H,13,18)(H,16,17). The summed E-state index contributed by atoms with van der Waals surface area (Å²) in [5.41, 5.74) is 0. The van der Waals surface area contributed by atoms with Crippen molar-refractivity contribution in [1.82, 2.24) is 10.2 Å². The minimum Gasteiger partial charge on any atom is -0.480 e. The van der Waals surface area contributed by atoms with E-state index in [0.717, 1.165) is 12.8 Å². The molecule has 18 heavy (non-hydrogen) atoms. The molecule has 0 saturated carbocycles. The van der Waals surface area contributed by atoms with Crippen molar-refractivity contribution in [1.29, 1.82) is 0 Å². The first-order chi connectivity index (χ1) is 8.49. The molecule has 0 bridgehead atoms. The molecule has 6 nitrogen and oxygen atoms in total.